The molecule has 0 spiro atoms. The van der Waals surface area contributed by atoms with Crippen molar-refractivity contribution in [2.45, 2.75) is 17.3 Å². The lowest BCUT2D eigenvalue weighted by Crippen LogP contribution is -2.07. The van der Waals surface area contributed by atoms with Gasteiger partial charge in [0.1, 0.15) is 5.75 Å². The highest BCUT2D eigenvalue weighted by molar-refractivity contribution is 7.99. The summed E-state index contributed by atoms with van der Waals surface area (Å²) < 4.78 is 52.7. The summed E-state index contributed by atoms with van der Waals surface area (Å²) in [5.74, 6) is -2.89. The molecule has 2 aromatic carbocycles. The molecule has 1 N–H and O–H groups in total. The molecule has 0 unspecified atom stereocenters. The lowest BCUT2D eigenvalue weighted by molar-refractivity contribution is -0.111. The molecule has 0 fully saturated rings. The van der Waals surface area contributed by atoms with Gasteiger partial charge in [0, 0.05) is 16.7 Å². The van der Waals surface area contributed by atoms with E-state index in [2.05, 4.69) is 10.1 Å². The SMILES string of the molecule is O=C(C=Cc1ccc(OC(F)F)cc1)Nc1ccc(SC(F)F)cc1. The van der Waals surface area contributed by atoms with Crippen molar-refractivity contribution in [3.63, 3.8) is 0 Å². The fourth-order valence-electron chi connectivity index (χ4n) is 1.84. The minimum Gasteiger partial charge on any atom is -0.435 e. The van der Waals surface area contributed by atoms with Gasteiger partial charge in [-0.2, -0.15) is 17.6 Å². The fraction of sp³-hybridized carbons (Fsp3) is 0.118. The zero-order valence-electron chi connectivity index (χ0n) is 12.7. The smallest absolute Gasteiger partial charge is 0.387 e. The number of benzene rings is 2. The second kappa shape index (κ2) is 9.12. The van der Waals surface area contributed by atoms with Gasteiger partial charge in [0.25, 0.3) is 5.76 Å². The maximum Gasteiger partial charge on any atom is 0.387 e. The molecule has 1 amide bonds. The van der Waals surface area contributed by atoms with Crippen LogP contribution < -0.4 is 10.1 Å². The Hall–Kier alpha value is -2.48. The molecule has 0 aliphatic rings. The molecule has 0 aromatic heterocycles. The number of anilines is 1. The summed E-state index contributed by atoms with van der Waals surface area (Å²) in [5, 5.41) is 2.58. The van der Waals surface area contributed by atoms with E-state index >= 15 is 0 Å². The van der Waals surface area contributed by atoms with Gasteiger partial charge in [0.2, 0.25) is 5.91 Å². The van der Waals surface area contributed by atoms with Gasteiger partial charge in [0.05, 0.1) is 0 Å². The summed E-state index contributed by atoms with van der Waals surface area (Å²) in [5.41, 5.74) is 1.09. The highest BCUT2D eigenvalue weighted by Crippen LogP contribution is 2.26. The first-order valence-corrected chi connectivity index (χ1v) is 7.89. The van der Waals surface area contributed by atoms with E-state index in [0.717, 1.165) is 0 Å². The van der Waals surface area contributed by atoms with Gasteiger partial charge in [-0.05, 0) is 48.0 Å². The molecule has 0 aliphatic heterocycles. The molecule has 0 aliphatic carbocycles. The molecule has 132 valence electrons. The predicted octanol–water partition coefficient (Wildman–Crippen LogP) is 5.25. The molecular weight excluding hydrogens is 358 g/mol. The Labute approximate surface area is 145 Å². The molecule has 3 nitrogen and oxygen atoms in total. The van der Waals surface area contributed by atoms with Gasteiger partial charge in [-0.15, -0.1) is 0 Å². The minimum atomic E-state index is -2.89. The molecule has 0 saturated heterocycles. The highest BCUT2D eigenvalue weighted by Gasteiger charge is 2.05. The van der Waals surface area contributed by atoms with E-state index in [9.17, 15) is 22.4 Å². The molecule has 0 radical (unpaired) electrons. The number of carbonyl (C=O) groups is 1. The van der Waals surface area contributed by atoms with E-state index < -0.39 is 18.3 Å². The van der Waals surface area contributed by atoms with E-state index in [1.165, 1.54) is 60.7 Å². The summed E-state index contributed by atoms with van der Waals surface area (Å²) in [6.07, 6.45) is 2.77. The van der Waals surface area contributed by atoms with Crippen LogP contribution in [0.25, 0.3) is 6.08 Å². The molecule has 0 atom stereocenters. The van der Waals surface area contributed by atoms with Crippen LogP contribution in [0.2, 0.25) is 0 Å². The molecule has 0 bridgehead atoms. The number of rotatable bonds is 7. The van der Waals surface area contributed by atoms with Crippen molar-refractivity contribution in [3.8, 4) is 5.75 Å². The van der Waals surface area contributed by atoms with Crippen LogP contribution in [0.15, 0.2) is 59.5 Å². The second-order valence-corrected chi connectivity index (χ2v) is 5.74. The largest absolute Gasteiger partial charge is 0.435 e. The van der Waals surface area contributed by atoms with Crippen molar-refractivity contribution in [3.05, 3.63) is 60.2 Å². The molecule has 0 saturated carbocycles. The number of ether oxygens (including phenoxy) is 1. The average molecular weight is 371 g/mol. The standard InChI is InChI=1S/C17H13F4NO2S/c18-16(19)24-13-6-1-11(2-7-13)3-10-15(23)22-12-4-8-14(9-5-12)25-17(20)21/h1-10,16-17H,(H,22,23). The van der Waals surface area contributed by atoms with Crippen molar-refractivity contribution in [2.24, 2.45) is 0 Å². The van der Waals surface area contributed by atoms with Gasteiger partial charge in [-0.25, -0.2) is 0 Å². The summed E-state index contributed by atoms with van der Waals surface area (Å²) >= 11 is 0.421. The molecule has 2 aromatic rings. The maximum atomic E-state index is 12.2. The average Bonchev–Trinajstić information content (AvgIpc) is 2.55. The number of alkyl halides is 4. The van der Waals surface area contributed by atoms with Crippen molar-refractivity contribution in [1.82, 2.24) is 0 Å². The number of halogens is 4. The second-order valence-electron chi connectivity index (χ2n) is 4.67. The topological polar surface area (TPSA) is 38.3 Å². The predicted molar refractivity (Wildman–Crippen MR) is 89.0 cm³/mol. The molecule has 2 rings (SSSR count). The Balaban J connectivity index is 1.89. The Morgan fingerprint density at radius 1 is 1.00 bits per heavy atom. The number of amides is 1. The first kappa shape index (κ1) is 18.9. The fourth-order valence-corrected chi connectivity index (χ4v) is 2.33. The van der Waals surface area contributed by atoms with Crippen LogP contribution in [0.4, 0.5) is 23.2 Å². The van der Waals surface area contributed by atoms with Crippen molar-refractivity contribution >= 4 is 29.4 Å². The number of hydrogen-bond donors (Lipinski definition) is 1. The monoisotopic (exact) mass is 371 g/mol. The van der Waals surface area contributed by atoms with Crippen LogP contribution >= 0.6 is 11.8 Å². The van der Waals surface area contributed by atoms with E-state index in [4.69, 9.17) is 0 Å². The zero-order chi connectivity index (χ0) is 18.2. The van der Waals surface area contributed by atoms with Gasteiger partial charge in [-0.1, -0.05) is 23.9 Å². The van der Waals surface area contributed by atoms with Gasteiger partial charge in [-0.3, -0.25) is 4.79 Å². The van der Waals surface area contributed by atoms with Gasteiger partial charge < -0.3 is 10.1 Å². The number of thioether (sulfide) groups is 1. The third kappa shape index (κ3) is 6.88. The van der Waals surface area contributed by atoms with E-state index in [-0.39, 0.29) is 5.75 Å². The molecular formula is C17H13F4NO2S. The third-order valence-electron chi connectivity index (χ3n) is 2.88. The van der Waals surface area contributed by atoms with Crippen LogP contribution in [0.5, 0.6) is 5.75 Å². The number of hydrogen-bond acceptors (Lipinski definition) is 3. The van der Waals surface area contributed by atoms with Crippen LogP contribution in [-0.2, 0) is 4.79 Å². The van der Waals surface area contributed by atoms with E-state index in [1.54, 1.807) is 0 Å². The van der Waals surface area contributed by atoms with Crippen molar-refractivity contribution in [2.75, 3.05) is 5.32 Å². The Bertz CT molecular complexity index is 718. The third-order valence-corrected chi connectivity index (χ3v) is 3.60. The molecule has 8 heteroatoms. The van der Waals surface area contributed by atoms with E-state index in [0.29, 0.717) is 27.9 Å². The minimum absolute atomic E-state index is 0.0263. The van der Waals surface area contributed by atoms with Crippen LogP contribution in [0.1, 0.15) is 5.56 Å². The zero-order valence-corrected chi connectivity index (χ0v) is 13.5. The summed E-state index contributed by atoms with van der Waals surface area (Å²) in [4.78, 5) is 12.2. The quantitative estimate of drug-likeness (QED) is 0.410. The van der Waals surface area contributed by atoms with Crippen LogP contribution in [-0.4, -0.2) is 18.3 Å². The van der Waals surface area contributed by atoms with Crippen molar-refractivity contribution < 1.29 is 27.1 Å². The normalized spacial score (nSPS) is 11.3. The van der Waals surface area contributed by atoms with E-state index in [1.807, 2.05) is 0 Å². The summed E-state index contributed by atoms with van der Waals surface area (Å²) in [6, 6.07) is 11.8. The first-order valence-electron chi connectivity index (χ1n) is 7.01. The summed E-state index contributed by atoms with van der Waals surface area (Å²) in [6.45, 7) is -2.89. The van der Waals surface area contributed by atoms with Gasteiger partial charge >= 0.3 is 6.61 Å². The number of carbonyl (C=O) groups excluding carboxylic acids is 1. The Morgan fingerprint density at radius 3 is 2.20 bits per heavy atom. The van der Waals surface area contributed by atoms with Crippen molar-refractivity contribution in [1.29, 1.82) is 0 Å². The molecule has 25 heavy (non-hydrogen) atoms. The van der Waals surface area contributed by atoms with Gasteiger partial charge in [0.15, 0.2) is 0 Å². The molecule has 0 heterocycles. The Morgan fingerprint density at radius 2 is 1.64 bits per heavy atom. The van der Waals surface area contributed by atoms with Crippen LogP contribution in [0, 0.1) is 0 Å². The Kier molecular flexibility index (Phi) is 6.88. The summed E-state index contributed by atoms with van der Waals surface area (Å²) in [7, 11) is 0. The van der Waals surface area contributed by atoms with Crippen LogP contribution in [0.3, 0.4) is 0 Å². The highest BCUT2D eigenvalue weighted by atomic mass is 32.2. The maximum absolute atomic E-state index is 12.2. The first-order chi connectivity index (χ1) is 11.9. The lowest BCUT2D eigenvalue weighted by atomic mass is 10.2. The number of nitrogens with one attached hydrogen (secondary N) is 1. The lowest BCUT2D eigenvalue weighted by Gasteiger charge is -2.05.